The van der Waals surface area contributed by atoms with Gasteiger partial charge >= 0.3 is 0 Å². The molecule has 7 heteroatoms. The summed E-state index contributed by atoms with van der Waals surface area (Å²) >= 11 is 0. The average Bonchev–Trinajstić information content (AvgIpc) is 2.87. The van der Waals surface area contributed by atoms with Crippen LogP contribution in [0.3, 0.4) is 0 Å². The van der Waals surface area contributed by atoms with Gasteiger partial charge in [-0.05, 0) is 80.9 Å². The van der Waals surface area contributed by atoms with E-state index in [4.69, 9.17) is 4.74 Å². The predicted octanol–water partition coefficient (Wildman–Crippen LogP) is 7.01. The van der Waals surface area contributed by atoms with Gasteiger partial charge in [0, 0.05) is 28.7 Å². The van der Waals surface area contributed by atoms with Gasteiger partial charge < -0.3 is 20.7 Å². The molecule has 4 aromatic rings. The van der Waals surface area contributed by atoms with Crippen molar-refractivity contribution < 1.29 is 9.53 Å². The molecule has 0 spiro atoms. The Morgan fingerprint density at radius 3 is 1.92 bits per heavy atom. The standard InChI is InChI=1S/C29H31N5O2/c1-4-5-18-36-26-16-8-22(9-17-26)29(35)34-25-14-12-24(13-15-25)33-28-19-27(30-21(3)31-28)32-23-10-6-20(2)7-11-23/h6-17,19H,4-5,18H2,1-3H3,(H,34,35)(H2,30,31,32,33). The number of carbonyl (C=O) groups excluding carboxylic acids is 1. The first kappa shape index (κ1) is 24.7. The van der Waals surface area contributed by atoms with Crippen molar-refractivity contribution in [1.29, 1.82) is 0 Å². The number of carbonyl (C=O) groups is 1. The molecule has 1 heterocycles. The Hall–Kier alpha value is -4.39. The number of aryl methyl sites for hydroxylation is 2. The van der Waals surface area contributed by atoms with E-state index in [1.54, 1.807) is 12.1 Å². The third-order valence-electron chi connectivity index (χ3n) is 5.46. The molecule has 184 valence electrons. The zero-order valence-electron chi connectivity index (χ0n) is 20.8. The fraction of sp³-hybridized carbons (Fsp3) is 0.207. The minimum absolute atomic E-state index is 0.172. The van der Waals surface area contributed by atoms with E-state index in [9.17, 15) is 4.79 Å². The third kappa shape index (κ3) is 7.06. The van der Waals surface area contributed by atoms with E-state index < -0.39 is 0 Å². The van der Waals surface area contributed by atoms with Crippen LogP contribution in [0.1, 0.15) is 41.5 Å². The van der Waals surface area contributed by atoms with Gasteiger partial charge in [-0.2, -0.15) is 0 Å². The number of benzene rings is 3. The number of rotatable bonds is 10. The summed E-state index contributed by atoms with van der Waals surface area (Å²) in [5.41, 5.74) is 4.29. The van der Waals surface area contributed by atoms with Crippen molar-refractivity contribution in [3.63, 3.8) is 0 Å². The maximum absolute atomic E-state index is 12.6. The maximum Gasteiger partial charge on any atom is 0.255 e. The number of hydrogen-bond acceptors (Lipinski definition) is 6. The predicted molar refractivity (Wildman–Crippen MR) is 146 cm³/mol. The van der Waals surface area contributed by atoms with Gasteiger partial charge in [-0.3, -0.25) is 4.79 Å². The van der Waals surface area contributed by atoms with Gasteiger partial charge in [-0.15, -0.1) is 0 Å². The number of nitrogens with zero attached hydrogens (tertiary/aromatic N) is 2. The molecule has 0 aliphatic carbocycles. The van der Waals surface area contributed by atoms with Gasteiger partial charge in [0.25, 0.3) is 5.91 Å². The van der Waals surface area contributed by atoms with Gasteiger partial charge in [-0.25, -0.2) is 9.97 Å². The SMILES string of the molecule is CCCCOc1ccc(C(=O)Nc2ccc(Nc3cc(Nc4ccc(C)cc4)nc(C)n3)cc2)cc1. The minimum Gasteiger partial charge on any atom is -0.494 e. The molecule has 0 atom stereocenters. The largest absolute Gasteiger partial charge is 0.494 e. The Labute approximate surface area is 212 Å². The van der Waals surface area contributed by atoms with E-state index >= 15 is 0 Å². The van der Waals surface area contributed by atoms with Crippen molar-refractivity contribution in [2.75, 3.05) is 22.6 Å². The number of aromatic nitrogens is 2. The number of unbranched alkanes of at least 4 members (excludes halogenated alkanes) is 1. The second-order valence-corrected chi connectivity index (χ2v) is 8.56. The summed E-state index contributed by atoms with van der Waals surface area (Å²) in [6.45, 7) is 6.71. The Morgan fingerprint density at radius 1 is 0.778 bits per heavy atom. The summed E-state index contributed by atoms with van der Waals surface area (Å²) < 4.78 is 5.66. The zero-order chi connectivity index (χ0) is 25.3. The van der Waals surface area contributed by atoms with E-state index in [2.05, 4.69) is 39.8 Å². The van der Waals surface area contributed by atoms with Crippen molar-refractivity contribution >= 4 is 34.6 Å². The van der Waals surface area contributed by atoms with Crippen LogP contribution in [0.4, 0.5) is 28.7 Å². The molecule has 0 saturated carbocycles. The number of hydrogen-bond donors (Lipinski definition) is 3. The second-order valence-electron chi connectivity index (χ2n) is 8.56. The molecule has 36 heavy (non-hydrogen) atoms. The second kappa shape index (κ2) is 11.8. The van der Waals surface area contributed by atoms with Crippen LogP contribution in [-0.2, 0) is 0 Å². The van der Waals surface area contributed by atoms with Crippen LogP contribution < -0.4 is 20.7 Å². The lowest BCUT2D eigenvalue weighted by Gasteiger charge is -2.11. The number of ether oxygens (including phenoxy) is 1. The summed E-state index contributed by atoms with van der Waals surface area (Å²) in [4.78, 5) is 21.6. The molecular formula is C29H31N5O2. The molecule has 1 amide bonds. The van der Waals surface area contributed by atoms with E-state index in [1.165, 1.54) is 5.56 Å². The first-order chi connectivity index (χ1) is 17.5. The highest BCUT2D eigenvalue weighted by molar-refractivity contribution is 6.04. The van der Waals surface area contributed by atoms with Gasteiger partial charge in [0.05, 0.1) is 6.61 Å². The van der Waals surface area contributed by atoms with E-state index in [1.807, 2.05) is 73.7 Å². The summed E-state index contributed by atoms with van der Waals surface area (Å²) in [6.07, 6.45) is 2.09. The normalized spacial score (nSPS) is 10.5. The Morgan fingerprint density at radius 2 is 1.33 bits per heavy atom. The molecule has 0 saturated heterocycles. The smallest absolute Gasteiger partial charge is 0.255 e. The highest BCUT2D eigenvalue weighted by Crippen LogP contribution is 2.22. The number of amides is 1. The Kier molecular flexibility index (Phi) is 8.13. The molecule has 0 aliphatic rings. The fourth-order valence-corrected chi connectivity index (χ4v) is 3.51. The molecule has 0 radical (unpaired) electrons. The van der Waals surface area contributed by atoms with Crippen LogP contribution in [-0.4, -0.2) is 22.5 Å². The van der Waals surface area contributed by atoms with Crippen LogP contribution in [0.15, 0.2) is 78.9 Å². The van der Waals surface area contributed by atoms with Crippen LogP contribution >= 0.6 is 0 Å². The number of anilines is 5. The quantitative estimate of drug-likeness (QED) is 0.211. The van der Waals surface area contributed by atoms with Gasteiger partial charge in [0.1, 0.15) is 23.2 Å². The lowest BCUT2D eigenvalue weighted by molar-refractivity contribution is 0.102. The monoisotopic (exact) mass is 481 g/mol. The zero-order valence-corrected chi connectivity index (χ0v) is 20.8. The Balaban J connectivity index is 1.35. The first-order valence-electron chi connectivity index (χ1n) is 12.1. The highest BCUT2D eigenvalue weighted by Gasteiger charge is 2.08. The lowest BCUT2D eigenvalue weighted by atomic mass is 10.2. The van der Waals surface area contributed by atoms with Crippen molar-refractivity contribution in [2.45, 2.75) is 33.6 Å². The molecule has 4 rings (SSSR count). The van der Waals surface area contributed by atoms with Crippen LogP contribution in [0.2, 0.25) is 0 Å². The molecule has 0 bridgehead atoms. The van der Waals surface area contributed by atoms with Crippen molar-refractivity contribution in [2.24, 2.45) is 0 Å². The van der Waals surface area contributed by atoms with Crippen molar-refractivity contribution in [1.82, 2.24) is 9.97 Å². The van der Waals surface area contributed by atoms with Crippen LogP contribution in [0, 0.1) is 13.8 Å². The van der Waals surface area contributed by atoms with E-state index in [-0.39, 0.29) is 5.91 Å². The molecule has 3 N–H and O–H groups in total. The Bertz CT molecular complexity index is 1290. The van der Waals surface area contributed by atoms with Gasteiger partial charge in [0.15, 0.2) is 0 Å². The molecule has 1 aromatic heterocycles. The molecule has 0 aliphatic heterocycles. The van der Waals surface area contributed by atoms with Crippen LogP contribution in [0.25, 0.3) is 0 Å². The van der Waals surface area contributed by atoms with Gasteiger partial charge in [0.2, 0.25) is 0 Å². The highest BCUT2D eigenvalue weighted by atomic mass is 16.5. The summed E-state index contributed by atoms with van der Waals surface area (Å²) in [6, 6.07) is 24.7. The van der Waals surface area contributed by atoms with Crippen molar-refractivity contribution in [3.8, 4) is 5.75 Å². The average molecular weight is 482 g/mol. The molecular weight excluding hydrogens is 450 g/mol. The molecule has 0 unspecified atom stereocenters. The first-order valence-corrected chi connectivity index (χ1v) is 12.1. The number of nitrogens with one attached hydrogen (secondary N) is 3. The third-order valence-corrected chi connectivity index (χ3v) is 5.46. The summed E-state index contributed by atoms with van der Waals surface area (Å²) in [7, 11) is 0. The van der Waals surface area contributed by atoms with E-state index in [0.717, 1.165) is 30.0 Å². The fourth-order valence-electron chi connectivity index (χ4n) is 3.51. The topological polar surface area (TPSA) is 88.2 Å². The molecule has 7 nitrogen and oxygen atoms in total. The molecule has 0 fully saturated rings. The van der Waals surface area contributed by atoms with E-state index in [0.29, 0.717) is 35.3 Å². The van der Waals surface area contributed by atoms with Gasteiger partial charge in [-0.1, -0.05) is 31.0 Å². The van der Waals surface area contributed by atoms with Crippen molar-refractivity contribution in [3.05, 3.63) is 95.8 Å². The molecule has 3 aromatic carbocycles. The lowest BCUT2D eigenvalue weighted by Crippen LogP contribution is -2.11. The minimum atomic E-state index is -0.172. The van der Waals surface area contributed by atoms with Crippen LogP contribution in [0.5, 0.6) is 5.75 Å². The summed E-state index contributed by atoms with van der Waals surface area (Å²) in [5.74, 6) is 2.64. The summed E-state index contributed by atoms with van der Waals surface area (Å²) in [5, 5.41) is 9.54. The maximum atomic E-state index is 12.6.